The Morgan fingerprint density at radius 2 is 2.11 bits per heavy atom. The fourth-order valence-corrected chi connectivity index (χ4v) is 4.61. The second-order valence-corrected chi connectivity index (χ2v) is 6.24. The van der Waals surface area contributed by atoms with Gasteiger partial charge in [0.15, 0.2) is 0 Å². The molecule has 18 heavy (non-hydrogen) atoms. The zero-order chi connectivity index (χ0) is 12.3. The average molecular weight is 245 g/mol. The first-order valence-electron chi connectivity index (χ1n) is 6.92. The molecule has 1 aromatic rings. The van der Waals surface area contributed by atoms with E-state index < -0.39 is 0 Å². The second kappa shape index (κ2) is 3.72. The van der Waals surface area contributed by atoms with Crippen molar-refractivity contribution >= 4 is 0 Å². The van der Waals surface area contributed by atoms with Gasteiger partial charge >= 0.3 is 0 Å². The largest absolute Gasteiger partial charge is 0.508 e. The molecule has 2 bridgehead atoms. The fraction of sp³-hybridized carbons (Fsp3) is 0.600. The van der Waals surface area contributed by atoms with E-state index in [1.165, 1.54) is 12.8 Å². The standard InChI is InChI=1S/C15H19NO2/c17-12-3-1-2-9(4-12)7-16-8-11-5-10-6-13(11)14(16)15(10)18/h1-4,10-11,13-15,17-18H,5-8H2. The van der Waals surface area contributed by atoms with E-state index in [1.54, 1.807) is 6.07 Å². The van der Waals surface area contributed by atoms with Crippen molar-refractivity contribution in [2.75, 3.05) is 6.54 Å². The highest BCUT2D eigenvalue weighted by molar-refractivity contribution is 5.27. The molecule has 1 heterocycles. The number of nitrogens with zero attached hydrogens (tertiary/aromatic N) is 1. The maximum atomic E-state index is 10.3. The van der Waals surface area contributed by atoms with Crippen LogP contribution in [0.4, 0.5) is 0 Å². The van der Waals surface area contributed by atoms with Gasteiger partial charge in [-0.2, -0.15) is 0 Å². The quantitative estimate of drug-likeness (QED) is 0.831. The summed E-state index contributed by atoms with van der Waals surface area (Å²) in [6.07, 6.45) is 2.33. The minimum Gasteiger partial charge on any atom is -0.508 e. The van der Waals surface area contributed by atoms with Gasteiger partial charge in [0, 0.05) is 19.1 Å². The van der Waals surface area contributed by atoms with Gasteiger partial charge in [0.05, 0.1) is 6.10 Å². The Morgan fingerprint density at radius 3 is 2.89 bits per heavy atom. The third-order valence-corrected chi connectivity index (χ3v) is 5.24. The van der Waals surface area contributed by atoms with Crippen molar-refractivity contribution in [2.24, 2.45) is 17.8 Å². The van der Waals surface area contributed by atoms with E-state index in [4.69, 9.17) is 0 Å². The number of fused-ring (bicyclic) bond motifs is 1. The lowest BCUT2D eigenvalue weighted by Gasteiger charge is -2.28. The van der Waals surface area contributed by atoms with Gasteiger partial charge in [-0.05, 0) is 48.3 Å². The smallest absolute Gasteiger partial charge is 0.115 e. The highest BCUT2D eigenvalue weighted by Crippen LogP contribution is 2.55. The Labute approximate surface area is 107 Å². The van der Waals surface area contributed by atoms with E-state index in [1.807, 2.05) is 12.1 Å². The molecule has 2 N–H and O–H groups in total. The number of phenols is 1. The van der Waals surface area contributed by atoms with Crippen LogP contribution in [-0.4, -0.2) is 33.8 Å². The third-order valence-electron chi connectivity index (χ3n) is 5.24. The Bertz CT molecular complexity index is 473. The van der Waals surface area contributed by atoms with Crippen LogP contribution < -0.4 is 0 Å². The highest BCUT2D eigenvalue weighted by atomic mass is 16.3. The average Bonchev–Trinajstić information content (AvgIpc) is 2.91. The summed E-state index contributed by atoms with van der Waals surface area (Å²) in [6, 6.07) is 7.86. The molecule has 3 fully saturated rings. The topological polar surface area (TPSA) is 43.7 Å². The Balaban J connectivity index is 1.57. The number of phenolic OH excluding ortho intramolecular Hbond substituents is 1. The summed E-state index contributed by atoms with van der Waals surface area (Å²) in [4.78, 5) is 2.43. The number of aliphatic hydroxyl groups is 1. The van der Waals surface area contributed by atoms with Gasteiger partial charge in [0.1, 0.15) is 5.75 Å². The molecular formula is C15H19NO2. The Morgan fingerprint density at radius 1 is 1.22 bits per heavy atom. The van der Waals surface area contributed by atoms with Crippen molar-refractivity contribution in [3.05, 3.63) is 29.8 Å². The van der Waals surface area contributed by atoms with E-state index >= 15 is 0 Å². The summed E-state index contributed by atoms with van der Waals surface area (Å²) in [7, 11) is 0. The summed E-state index contributed by atoms with van der Waals surface area (Å²) in [5.41, 5.74) is 1.15. The van der Waals surface area contributed by atoms with Crippen LogP contribution in [0.3, 0.4) is 0 Å². The molecule has 5 unspecified atom stereocenters. The number of aromatic hydroxyl groups is 1. The molecule has 0 spiro atoms. The lowest BCUT2D eigenvalue weighted by molar-refractivity contribution is 0.0484. The van der Waals surface area contributed by atoms with Crippen molar-refractivity contribution in [3.63, 3.8) is 0 Å². The SMILES string of the molecule is Oc1cccc(CN2CC3CC4CC3C2C4O)c1. The second-order valence-electron chi connectivity index (χ2n) is 6.24. The first-order chi connectivity index (χ1) is 8.72. The summed E-state index contributed by atoms with van der Waals surface area (Å²) in [5, 5.41) is 19.8. The molecule has 1 aromatic carbocycles. The molecule has 5 atom stereocenters. The molecule has 2 aliphatic carbocycles. The van der Waals surface area contributed by atoms with Crippen molar-refractivity contribution < 1.29 is 10.2 Å². The predicted octanol–water partition coefficient (Wildman–Crippen LogP) is 1.59. The van der Waals surface area contributed by atoms with Gasteiger partial charge in [0.2, 0.25) is 0 Å². The fourth-order valence-electron chi connectivity index (χ4n) is 4.61. The van der Waals surface area contributed by atoms with Gasteiger partial charge in [0.25, 0.3) is 0 Å². The molecule has 3 nitrogen and oxygen atoms in total. The summed E-state index contributed by atoms with van der Waals surface area (Å²) >= 11 is 0. The summed E-state index contributed by atoms with van der Waals surface area (Å²) in [6.45, 7) is 1.98. The number of benzene rings is 1. The molecule has 3 heteroatoms. The molecule has 1 saturated heterocycles. The van der Waals surface area contributed by atoms with Crippen molar-refractivity contribution in [2.45, 2.75) is 31.5 Å². The minimum absolute atomic E-state index is 0.119. The number of aliphatic hydroxyl groups excluding tert-OH is 1. The summed E-state index contributed by atoms with van der Waals surface area (Å²) < 4.78 is 0. The van der Waals surface area contributed by atoms with Crippen molar-refractivity contribution in [3.8, 4) is 5.75 Å². The molecule has 4 rings (SSSR count). The van der Waals surface area contributed by atoms with Crippen LogP contribution in [0.25, 0.3) is 0 Å². The number of hydrogen-bond acceptors (Lipinski definition) is 3. The van der Waals surface area contributed by atoms with Crippen molar-refractivity contribution in [1.29, 1.82) is 0 Å². The highest BCUT2D eigenvalue weighted by Gasteiger charge is 2.58. The van der Waals surface area contributed by atoms with Crippen LogP contribution in [0.15, 0.2) is 24.3 Å². The monoisotopic (exact) mass is 245 g/mol. The van der Waals surface area contributed by atoms with E-state index in [0.29, 0.717) is 17.7 Å². The third kappa shape index (κ3) is 1.44. The van der Waals surface area contributed by atoms with Gasteiger partial charge in [-0.25, -0.2) is 0 Å². The molecule has 0 aromatic heterocycles. The Kier molecular flexibility index (Phi) is 2.24. The number of rotatable bonds is 2. The number of likely N-dealkylation sites (tertiary alicyclic amines) is 1. The molecule has 0 amide bonds. The predicted molar refractivity (Wildman–Crippen MR) is 68.0 cm³/mol. The maximum absolute atomic E-state index is 10.3. The van der Waals surface area contributed by atoms with Crippen LogP contribution in [0, 0.1) is 17.8 Å². The van der Waals surface area contributed by atoms with Crippen LogP contribution >= 0.6 is 0 Å². The zero-order valence-corrected chi connectivity index (χ0v) is 10.4. The first-order valence-corrected chi connectivity index (χ1v) is 6.92. The normalized spacial score (nSPS) is 41.7. The van der Waals surface area contributed by atoms with E-state index in [-0.39, 0.29) is 6.10 Å². The lowest BCUT2D eigenvalue weighted by Crippen LogP contribution is -2.40. The molecule has 2 saturated carbocycles. The molecule has 1 aliphatic heterocycles. The van der Waals surface area contributed by atoms with E-state index in [0.717, 1.165) is 30.5 Å². The molecule has 3 aliphatic rings. The summed E-state index contributed by atoms with van der Waals surface area (Å²) in [5.74, 6) is 2.42. The maximum Gasteiger partial charge on any atom is 0.115 e. The Hall–Kier alpha value is -1.06. The molecule has 0 radical (unpaired) electrons. The van der Waals surface area contributed by atoms with Crippen molar-refractivity contribution in [1.82, 2.24) is 4.90 Å². The van der Waals surface area contributed by atoms with Crippen LogP contribution in [-0.2, 0) is 6.54 Å². The molecule has 96 valence electrons. The van der Waals surface area contributed by atoms with Gasteiger partial charge in [-0.1, -0.05) is 12.1 Å². The van der Waals surface area contributed by atoms with E-state index in [9.17, 15) is 10.2 Å². The number of hydrogen-bond donors (Lipinski definition) is 2. The van der Waals surface area contributed by atoms with Crippen LogP contribution in [0.5, 0.6) is 5.75 Å². The van der Waals surface area contributed by atoms with Crippen LogP contribution in [0.2, 0.25) is 0 Å². The van der Waals surface area contributed by atoms with Crippen LogP contribution in [0.1, 0.15) is 18.4 Å². The first kappa shape index (κ1) is 10.8. The lowest BCUT2D eigenvalue weighted by atomic mass is 9.88. The molecular weight excluding hydrogens is 226 g/mol. The van der Waals surface area contributed by atoms with Gasteiger partial charge in [-0.15, -0.1) is 0 Å². The van der Waals surface area contributed by atoms with Gasteiger partial charge in [-0.3, -0.25) is 4.90 Å². The minimum atomic E-state index is -0.119. The van der Waals surface area contributed by atoms with Gasteiger partial charge < -0.3 is 10.2 Å². The zero-order valence-electron chi connectivity index (χ0n) is 10.4. The van der Waals surface area contributed by atoms with E-state index in [2.05, 4.69) is 11.0 Å².